The van der Waals surface area contributed by atoms with Gasteiger partial charge in [0.2, 0.25) is 0 Å². The summed E-state index contributed by atoms with van der Waals surface area (Å²) >= 11 is 0. The molecule has 0 amide bonds. The van der Waals surface area contributed by atoms with Crippen molar-refractivity contribution < 1.29 is 8.78 Å². The zero-order valence-corrected chi connectivity index (χ0v) is 22.3. The number of halogens is 3. The predicted molar refractivity (Wildman–Crippen MR) is 155 cm³/mol. The van der Waals surface area contributed by atoms with Crippen molar-refractivity contribution in [3.05, 3.63) is 119 Å². The number of nitrogens with zero attached hydrogens (tertiary/aromatic N) is 6. The normalized spacial score (nSPS) is 10.6. The summed E-state index contributed by atoms with van der Waals surface area (Å²) in [5, 5.41) is 25.0. The standard InChI is InChI=1S/2C14H12FN5.ClH/c2*15-11-6-2-1-4-9(11)8-20-14-10(5-3-7-18-14)12(19-20)13(16)17;/h2*1-7H,8H2,(H3,16,17);1H. The second-order valence-electron chi connectivity index (χ2n) is 8.77. The lowest BCUT2D eigenvalue weighted by Gasteiger charge is -2.04. The second kappa shape index (κ2) is 12.3. The third-order valence-corrected chi connectivity index (χ3v) is 6.08. The lowest BCUT2D eigenvalue weighted by atomic mass is 10.2. The molecule has 6 rings (SSSR count). The van der Waals surface area contributed by atoms with Gasteiger partial charge in [-0.15, -0.1) is 12.4 Å². The summed E-state index contributed by atoms with van der Waals surface area (Å²) in [5.74, 6) is -0.849. The van der Waals surface area contributed by atoms with E-state index in [1.807, 2.05) is 0 Å². The van der Waals surface area contributed by atoms with E-state index in [2.05, 4.69) is 20.2 Å². The number of nitrogen functional groups attached to an aromatic ring is 2. The minimum atomic E-state index is -0.295. The van der Waals surface area contributed by atoms with E-state index in [-0.39, 0.29) is 48.8 Å². The lowest BCUT2D eigenvalue weighted by Crippen LogP contribution is -2.13. The van der Waals surface area contributed by atoms with Crippen molar-refractivity contribution in [1.82, 2.24) is 29.5 Å². The van der Waals surface area contributed by atoms with Crippen LogP contribution in [0.25, 0.3) is 22.1 Å². The summed E-state index contributed by atoms with van der Waals surface area (Å²) in [6.45, 7) is 0.487. The number of amidine groups is 2. The molecule has 2 aromatic carbocycles. The molecule has 0 bridgehead atoms. The molecule has 10 nitrogen and oxygen atoms in total. The van der Waals surface area contributed by atoms with Crippen LogP contribution in [0.3, 0.4) is 0 Å². The SMILES string of the molecule is Cl.N=C(N)c1nn(Cc2ccccc2F)c2ncccc12.N=C(N)c1nn(Cc2ccccc2F)c2ncccc12. The number of rotatable bonds is 6. The zero-order valence-electron chi connectivity index (χ0n) is 21.5. The fourth-order valence-electron chi connectivity index (χ4n) is 4.21. The Kier molecular flexibility index (Phi) is 8.63. The van der Waals surface area contributed by atoms with Gasteiger partial charge in [-0.3, -0.25) is 10.8 Å². The lowest BCUT2D eigenvalue weighted by molar-refractivity contribution is 0.588. The molecule has 0 spiro atoms. The molecule has 6 aromatic rings. The number of nitrogens with one attached hydrogen (secondary N) is 2. The van der Waals surface area contributed by atoms with Gasteiger partial charge in [-0.1, -0.05) is 36.4 Å². The predicted octanol–water partition coefficient (Wildman–Crippen LogP) is 4.23. The Labute approximate surface area is 239 Å². The summed E-state index contributed by atoms with van der Waals surface area (Å²) in [7, 11) is 0. The molecule has 0 aliphatic carbocycles. The van der Waals surface area contributed by atoms with E-state index in [1.165, 1.54) is 12.1 Å². The van der Waals surface area contributed by atoms with Gasteiger partial charge >= 0.3 is 0 Å². The molecule has 0 unspecified atom stereocenters. The summed E-state index contributed by atoms with van der Waals surface area (Å²) in [6, 6.07) is 20.1. The van der Waals surface area contributed by atoms with Gasteiger partial charge in [-0.25, -0.2) is 28.1 Å². The van der Waals surface area contributed by atoms with Crippen molar-refractivity contribution in [2.75, 3.05) is 0 Å². The van der Waals surface area contributed by atoms with E-state index in [0.29, 0.717) is 44.6 Å². The smallest absolute Gasteiger partial charge is 0.158 e. The quantitative estimate of drug-likeness (QED) is 0.172. The Morgan fingerprint density at radius 2 is 1.02 bits per heavy atom. The van der Waals surface area contributed by atoms with Crippen LogP contribution in [-0.2, 0) is 13.1 Å². The van der Waals surface area contributed by atoms with Crippen molar-refractivity contribution in [3.63, 3.8) is 0 Å². The molecule has 0 aliphatic rings. The van der Waals surface area contributed by atoms with Gasteiger partial charge in [0.1, 0.15) is 34.7 Å². The van der Waals surface area contributed by atoms with Crippen LogP contribution < -0.4 is 11.5 Å². The highest BCUT2D eigenvalue weighted by Crippen LogP contribution is 2.19. The average Bonchev–Trinajstić information content (AvgIpc) is 3.51. The molecular weight excluding hydrogens is 550 g/mol. The first-order valence-electron chi connectivity index (χ1n) is 12.1. The van der Waals surface area contributed by atoms with Gasteiger partial charge in [0.25, 0.3) is 0 Å². The van der Waals surface area contributed by atoms with Crippen LogP contribution in [0, 0.1) is 22.5 Å². The number of pyridine rings is 2. The number of benzene rings is 2. The van der Waals surface area contributed by atoms with E-state index < -0.39 is 0 Å². The highest BCUT2D eigenvalue weighted by Gasteiger charge is 2.15. The molecule has 0 saturated heterocycles. The van der Waals surface area contributed by atoms with Crippen LogP contribution >= 0.6 is 12.4 Å². The number of hydrogen-bond donors (Lipinski definition) is 4. The van der Waals surface area contributed by atoms with Crippen LogP contribution in [0.1, 0.15) is 22.5 Å². The van der Waals surface area contributed by atoms with E-state index in [4.69, 9.17) is 22.3 Å². The maximum Gasteiger partial charge on any atom is 0.158 e. The first-order chi connectivity index (χ1) is 19.3. The molecule has 41 heavy (non-hydrogen) atoms. The van der Waals surface area contributed by atoms with Gasteiger partial charge in [0.05, 0.1) is 23.9 Å². The van der Waals surface area contributed by atoms with Crippen molar-refractivity contribution in [3.8, 4) is 0 Å². The monoisotopic (exact) mass is 574 g/mol. The molecule has 6 N–H and O–H groups in total. The molecule has 0 radical (unpaired) electrons. The molecule has 0 atom stereocenters. The Hall–Kier alpha value is -5.23. The molecule has 4 aromatic heterocycles. The fourth-order valence-corrected chi connectivity index (χ4v) is 4.21. The van der Waals surface area contributed by atoms with E-state index in [9.17, 15) is 8.78 Å². The first kappa shape index (κ1) is 28.8. The Bertz CT molecular complexity index is 1730. The molecule has 0 saturated carbocycles. The Balaban J connectivity index is 0.000000184. The summed E-state index contributed by atoms with van der Waals surface area (Å²) in [6.07, 6.45) is 3.26. The third kappa shape index (κ3) is 6.02. The van der Waals surface area contributed by atoms with Crippen LogP contribution in [0.4, 0.5) is 8.78 Å². The Morgan fingerprint density at radius 3 is 1.39 bits per heavy atom. The Morgan fingerprint density at radius 1 is 0.634 bits per heavy atom. The second-order valence-corrected chi connectivity index (χ2v) is 8.77. The van der Waals surface area contributed by atoms with Gasteiger partial charge < -0.3 is 11.5 Å². The minimum absolute atomic E-state index is 0. The number of aromatic nitrogens is 6. The van der Waals surface area contributed by atoms with Crippen molar-refractivity contribution >= 4 is 46.1 Å². The van der Waals surface area contributed by atoms with Crippen molar-refractivity contribution in [2.24, 2.45) is 11.5 Å². The van der Waals surface area contributed by atoms with E-state index >= 15 is 0 Å². The minimum Gasteiger partial charge on any atom is -0.382 e. The largest absolute Gasteiger partial charge is 0.382 e. The fraction of sp³-hybridized carbons (Fsp3) is 0.0714. The highest BCUT2D eigenvalue weighted by atomic mass is 35.5. The molecule has 208 valence electrons. The average molecular weight is 575 g/mol. The van der Waals surface area contributed by atoms with Crippen molar-refractivity contribution in [2.45, 2.75) is 13.1 Å². The van der Waals surface area contributed by atoms with Crippen LogP contribution in [0.5, 0.6) is 0 Å². The van der Waals surface area contributed by atoms with Gasteiger partial charge in [0, 0.05) is 23.5 Å². The van der Waals surface area contributed by atoms with Crippen LogP contribution in [0.2, 0.25) is 0 Å². The van der Waals surface area contributed by atoms with Crippen LogP contribution in [0.15, 0.2) is 85.2 Å². The van der Waals surface area contributed by atoms with Crippen molar-refractivity contribution in [1.29, 1.82) is 10.8 Å². The maximum atomic E-state index is 13.7. The molecule has 4 heterocycles. The molecule has 13 heteroatoms. The van der Waals surface area contributed by atoms with Gasteiger partial charge in [-0.2, -0.15) is 10.2 Å². The number of nitrogens with two attached hydrogens (primary N) is 2. The highest BCUT2D eigenvalue weighted by molar-refractivity contribution is 6.05. The van der Waals surface area contributed by atoms with E-state index in [1.54, 1.807) is 82.4 Å². The van der Waals surface area contributed by atoms with Crippen LogP contribution in [-0.4, -0.2) is 41.2 Å². The summed E-state index contributed by atoms with van der Waals surface area (Å²) in [5.41, 5.74) is 14.0. The number of fused-ring (bicyclic) bond motifs is 2. The molecular formula is C28H25ClF2N10. The maximum absolute atomic E-state index is 13.7. The van der Waals surface area contributed by atoms with Gasteiger partial charge in [0.15, 0.2) is 11.3 Å². The third-order valence-electron chi connectivity index (χ3n) is 6.08. The summed E-state index contributed by atoms with van der Waals surface area (Å²) in [4.78, 5) is 8.47. The number of hydrogen-bond acceptors (Lipinski definition) is 6. The molecule has 0 aliphatic heterocycles. The first-order valence-corrected chi connectivity index (χ1v) is 12.1. The zero-order chi connectivity index (χ0) is 28.2. The van der Waals surface area contributed by atoms with E-state index in [0.717, 1.165) is 0 Å². The topological polar surface area (TPSA) is 161 Å². The summed E-state index contributed by atoms with van der Waals surface area (Å²) < 4.78 is 30.5. The van der Waals surface area contributed by atoms with Gasteiger partial charge in [-0.05, 0) is 36.4 Å². The molecule has 0 fully saturated rings.